The first kappa shape index (κ1) is 15.7. The molecule has 1 aliphatic heterocycles. The van der Waals surface area contributed by atoms with Gasteiger partial charge < -0.3 is 11.1 Å². The molecule has 0 amide bonds. The summed E-state index contributed by atoms with van der Waals surface area (Å²) in [5.41, 5.74) is 6.13. The van der Waals surface area contributed by atoms with Crippen LogP contribution in [0.3, 0.4) is 0 Å². The van der Waals surface area contributed by atoms with Crippen molar-refractivity contribution in [1.29, 1.82) is 0 Å². The van der Waals surface area contributed by atoms with Gasteiger partial charge in [-0.1, -0.05) is 12.2 Å². The van der Waals surface area contributed by atoms with Crippen molar-refractivity contribution in [2.24, 2.45) is 5.73 Å². The average Bonchev–Trinajstić information content (AvgIpc) is 2.70. The molecular formula is C12H14BrFN2O2S2. The minimum atomic E-state index is -3.04. The van der Waals surface area contributed by atoms with Gasteiger partial charge in [-0.2, -0.15) is 0 Å². The maximum Gasteiger partial charge on any atom is 0.161 e. The first-order valence-corrected chi connectivity index (χ1v) is 8.98. The molecule has 1 aromatic rings. The van der Waals surface area contributed by atoms with Crippen LogP contribution in [0.4, 0.5) is 10.1 Å². The highest BCUT2D eigenvalue weighted by molar-refractivity contribution is 9.10. The van der Waals surface area contributed by atoms with E-state index in [0.717, 1.165) is 0 Å². The van der Waals surface area contributed by atoms with E-state index in [9.17, 15) is 12.8 Å². The lowest BCUT2D eigenvalue weighted by Gasteiger charge is -2.14. The molecule has 2 rings (SSSR count). The second-order valence-corrected chi connectivity index (χ2v) is 8.30. The molecular weight excluding hydrogens is 367 g/mol. The van der Waals surface area contributed by atoms with E-state index in [0.29, 0.717) is 18.4 Å². The zero-order chi connectivity index (χ0) is 14.9. The molecule has 0 aromatic heterocycles. The number of benzene rings is 1. The van der Waals surface area contributed by atoms with Gasteiger partial charge in [0, 0.05) is 12.1 Å². The Hall–Kier alpha value is -0.730. The van der Waals surface area contributed by atoms with Crippen LogP contribution in [0.2, 0.25) is 0 Å². The SMILES string of the molecule is NC(=S)c1ccc(NCC2CCCS2(=O)=O)c(F)c1Br. The summed E-state index contributed by atoms with van der Waals surface area (Å²) in [6, 6.07) is 3.11. The molecule has 0 saturated carbocycles. The quantitative estimate of drug-likeness (QED) is 0.783. The first-order chi connectivity index (χ1) is 9.33. The zero-order valence-corrected chi connectivity index (χ0v) is 13.7. The zero-order valence-electron chi connectivity index (χ0n) is 10.5. The molecule has 20 heavy (non-hydrogen) atoms. The predicted octanol–water partition coefficient (Wildman–Crippen LogP) is 2.21. The van der Waals surface area contributed by atoms with E-state index in [1.54, 1.807) is 6.07 Å². The topological polar surface area (TPSA) is 72.2 Å². The number of anilines is 1. The van der Waals surface area contributed by atoms with E-state index in [2.05, 4.69) is 21.2 Å². The maximum atomic E-state index is 14.1. The Morgan fingerprint density at radius 3 is 2.80 bits per heavy atom. The third-order valence-electron chi connectivity index (χ3n) is 3.33. The summed E-state index contributed by atoms with van der Waals surface area (Å²) in [6.07, 6.45) is 1.28. The summed E-state index contributed by atoms with van der Waals surface area (Å²) in [5, 5.41) is 2.40. The molecule has 4 nitrogen and oxygen atoms in total. The van der Waals surface area contributed by atoms with Gasteiger partial charge in [-0.05, 0) is 40.9 Å². The van der Waals surface area contributed by atoms with Crippen LogP contribution in [0.15, 0.2) is 16.6 Å². The largest absolute Gasteiger partial charge is 0.389 e. The fourth-order valence-electron chi connectivity index (χ4n) is 2.19. The maximum absolute atomic E-state index is 14.1. The molecule has 1 aromatic carbocycles. The van der Waals surface area contributed by atoms with Gasteiger partial charge in [0.25, 0.3) is 0 Å². The second kappa shape index (κ2) is 5.95. The molecule has 0 radical (unpaired) electrons. The van der Waals surface area contributed by atoms with Crippen molar-refractivity contribution in [2.45, 2.75) is 18.1 Å². The van der Waals surface area contributed by atoms with Crippen molar-refractivity contribution in [3.05, 3.63) is 28.0 Å². The molecule has 0 aliphatic carbocycles. The van der Waals surface area contributed by atoms with Crippen LogP contribution < -0.4 is 11.1 Å². The smallest absolute Gasteiger partial charge is 0.161 e. The molecule has 1 heterocycles. The Morgan fingerprint density at radius 2 is 2.25 bits per heavy atom. The standard InChI is InChI=1S/C12H14BrFN2O2S2/c13-10-8(12(15)19)3-4-9(11(10)14)16-6-7-2-1-5-20(7,17)18/h3-4,7,16H,1-2,5-6H2,(H2,15,19). The summed E-state index contributed by atoms with van der Waals surface area (Å²) in [7, 11) is -3.04. The monoisotopic (exact) mass is 380 g/mol. The Balaban J connectivity index is 2.15. The lowest BCUT2D eigenvalue weighted by atomic mass is 10.2. The van der Waals surface area contributed by atoms with E-state index in [1.165, 1.54) is 6.07 Å². The normalized spacial score (nSPS) is 20.8. The van der Waals surface area contributed by atoms with Gasteiger partial charge in [0.2, 0.25) is 0 Å². The summed E-state index contributed by atoms with van der Waals surface area (Å²) in [6.45, 7) is 0.206. The van der Waals surface area contributed by atoms with Crippen molar-refractivity contribution in [1.82, 2.24) is 0 Å². The van der Waals surface area contributed by atoms with Gasteiger partial charge in [-0.25, -0.2) is 12.8 Å². The van der Waals surface area contributed by atoms with Crippen LogP contribution in [0.25, 0.3) is 0 Å². The van der Waals surface area contributed by atoms with E-state index in [1.807, 2.05) is 0 Å². The minimum Gasteiger partial charge on any atom is -0.389 e. The number of hydrogen-bond acceptors (Lipinski definition) is 4. The minimum absolute atomic E-state index is 0.0979. The van der Waals surface area contributed by atoms with Crippen molar-refractivity contribution >= 4 is 48.7 Å². The third kappa shape index (κ3) is 3.12. The van der Waals surface area contributed by atoms with Gasteiger partial charge in [0.1, 0.15) is 4.99 Å². The number of hydrogen-bond donors (Lipinski definition) is 2. The van der Waals surface area contributed by atoms with Crippen molar-refractivity contribution in [2.75, 3.05) is 17.6 Å². The lowest BCUT2D eigenvalue weighted by Crippen LogP contribution is -2.25. The summed E-state index contributed by atoms with van der Waals surface area (Å²) in [4.78, 5) is 0.0979. The Bertz CT molecular complexity index is 649. The van der Waals surface area contributed by atoms with Gasteiger partial charge >= 0.3 is 0 Å². The fraction of sp³-hybridized carbons (Fsp3) is 0.417. The second-order valence-electron chi connectivity index (χ2n) is 4.67. The average molecular weight is 381 g/mol. The Kier molecular flexibility index (Phi) is 4.66. The molecule has 3 N–H and O–H groups in total. The van der Waals surface area contributed by atoms with Crippen LogP contribution in [0.5, 0.6) is 0 Å². The van der Waals surface area contributed by atoms with Crippen molar-refractivity contribution < 1.29 is 12.8 Å². The van der Waals surface area contributed by atoms with Gasteiger partial charge in [0.15, 0.2) is 15.7 Å². The molecule has 0 spiro atoms. The molecule has 1 saturated heterocycles. The molecule has 1 aliphatic rings. The third-order valence-corrected chi connectivity index (χ3v) is 6.60. The van der Waals surface area contributed by atoms with Gasteiger partial charge in [-0.15, -0.1) is 0 Å². The number of nitrogens with two attached hydrogens (primary N) is 1. The van der Waals surface area contributed by atoms with E-state index >= 15 is 0 Å². The van der Waals surface area contributed by atoms with Crippen LogP contribution in [-0.2, 0) is 9.84 Å². The van der Waals surface area contributed by atoms with Crippen molar-refractivity contribution in [3.63, 3.8) is 0 Å². The highest BCUT2D eigenvalue weighted by Crippen LogP contribution is 2.28. The predicted molar refractivity (Wildman–Crippen MR) is 85.3 cm³/mol. The van der Waals surface area contributed by atoms with E-state index in [-0.39, 0.29) is 27.4 Å². The summed E-state index contributed by atoms with van der Waals surface area (Å²) in [5.74, 6) is -0.308. The number of thiocarbonyl (C=S) groups is 1. The van der Waals surface area contributed by atoms with Gasteiger partial charge in [-0.3, -0.25) is 0 Å². The van der Waals surface area contributed by atoms with Crippen molar-refractivity contribution in [3.8, 4) is 0 Å². The van der Waals surface area contributed by atoms with Crippen LogP contribution >= 0.6 is 28.1 Å². The van der Waals surface area contributed by atoms with E-state index in [4.69, 9.17) is 18.0 Å². The van der Waals surface area contributed by atoms with Crippen LogP contribution in [-0.4, -0.2) is 31.0 Å². The summed E-state index contributed by atoms with van der Waals surface area (Å²) < 4.78 is 37.7. The van der Waals surface area contributed by atoms with Crippen LogP contribution in [0, 0.1) is 5.82 Å². The van der Waals surface area contributed by atoms with E-state index < -0.39 is 20.9 Å². The molecule has 110 valence electrons. The number of sulfone groups is 1. The first-order valence-electron chi connectivity index (χ1n) is 6.06. The number of nitrogens with one attached hydrogen (secondary N) is 1. The lowest BCUT2D eigenvalue weighted by molar-refractivity contribution is 0.590. The molecule has 1 atom stereocenters. The highest BCUT2D eigenvalue weighted by atomic mass is 79.9. The molecule has 0 bridgehead atoms. The fourth-order valence-corrected chi connectivity index (χ4v) is 4.81. The molecule has 1 fully saturated rings. The molecule has 1 unspecified atom stereocenters. The Morgan fingerprint density at radius 1 is 1.55 bits per heavy atom. The number of rotatable bonds is 4. The summed E-state index contributed by atoms with van der Waals surface area (Å²) >= 11 is 7.92. The highest BCUT2D eigenvalue weighted by Gasteiger charge is 2.31. The molecule has 8 heteroatoms. The van der Waals surface area contributed by atoms with Crippen LogP contribution in [0.1, 0.15) is 18.4 Å². The van der Waals surface area contributed by atoms with Gasteiger partial charge in [0.05, 0.1) is 21.2 Å². The number of halogens is 2. The Labute approximate surface area is 131 Å².